The van der Waals surface area contributed by atoms with Gasteiger partial charge in [0.1, 0.15) is 0 Å². The molecule has 4 aliphatic rings. The van der Waals surface area contributed by atoms with Gasteiger partial charge < -0.3 is 10.1 Å². The number of fused-ring (bicyclic) bond motifs is 5. The van der Waals surface area contributed by atoms with Gasteiger partial charge in [0.25, 0.3) is 0 Å². The average Bonchev–Trinajstić information content (AvgIpc) is 2.52. The van der Waals surface area contributed by atoms with Gasteiger partial charge >= 0.3 is 0 Å². The highest BCUT2D eigenvalue weighted by molar-refractivity contribution is 5.77. The van der Waals surface area contributed by atoms with E-state index in [0.717, 1.165) is 37.5 Å². The van der Waals surface area contributed by atoms with E-state index in [4.69, 9.17) is 4.74 Å². The predicted octanol–water partition coefficient (Wildman–Crippen LogP) is 3.83. The van der Waals surface area contributed by atoms with Crippen LogP contribution in [0, 0.1) is 23.2 Å². The molecule has 1 heterocycles. The number of nitrogens with one attached hydrogen (secondary N) is 1. The second-order valence-corrected chi connectivity index (χ2v) is 8.90. The standard InChI is InChI=1S/C20H31NO2/c1-19-10-8-14(23-3)12-13(19)4-5-15-16(19)9-11-20(2)17(15)6-7-18(22)21-20/h4,14-17H,5-12H2,1-3H3,(H,21,22)/t14-,15+,16-,17+,19-,20+/m0/s1. The minimum Gasteiger partial charge on any atom is -0.381 e. The highest BCUT2D eigenvalue weighted by atomic mass is 16.5. The van der Waals surface area contributed by atoms with Crippen LogP contribution in [0.25, 0.3) is 0 Å². The van der Waals surface area contributed by atoms with Gasteiger partial charge in [-0.05, 0) is 75.0 Å². The van der Waals surface area contributed by atoms with Crippen LogP contribution in [0.1, 0.15) is 65.2 Å². The van der Waals surface area contributed by atoms with Crippen molar-refractivity contribution in [2.75, 3.05) is 7.11 Å². The number of allylic oxidation sites excluding steroid dienone is 1. The Morgan fingerprint density at radius 2 is 2.00 bits per heavy atom. The van der Waals surface area contributed by atoms with E-state index in [0.29, 0.717) is 17.4 Å². The molecule has 1 saturated heterocycles. The van der Waals surface area contributed by atoms with Crippen molar-refractivity contribution in [3.8, 4) is 0 Å². The average molecular weight is 317 g/mol. The van der Waals surface area contributed by atoms with Crippen LogP contribution in [0.3, 0.4) is 0 Å². The molecule has 2 saturated carbocycles. The highest BCUT2D eigenvalue weighted by Gasteiger charge is 2.55. The molecule has 23 heavy (non-hydrogen) atoms. The van der Waals surface area contributed by atoms with E-state index in [1.54, 1.807) is 5.57 Å². The number of hydrogen-bond acceptors (Lipinski definition) is 2. The minimum absolute atomic E-state index is 0.0436. The normalized spacial score (nSPS) is 49.3. The summed E-state index contributed by atoms with van der Waals surface area (Å²) in [6.45, 7) is 4.82. The molecule has 0 unspecified atom stereocenters. The first-order valence-electron chi connectivity index (χ1n) is 9.49. The molecule has 3 heteroatoms. The molecule has 6 atom stereocenters. The molecule has 3 fully saturated rings. The van der Waals surface area contributed by atoms with Gasteiger partial charge in [-0.2, -0.15) is 0 Å². The fraction of sp³-hybridized carbons (Fsp3) is 0.850. The third kappa shape index (κ3) is 2.30. The molecule has 0 bridgehead atoms. The molecule has 3 aliphatic carbocycles. The number of amides is 1. The molecule has 128 valence electrons. The van der Waals surface area contributed by atoms with Gasteiger partial charge in [-0.25, -0.2) is 0 Å². The fourth-order valence-corrected chi connectivity index (χ4v) is 6.50. The third-order valence-corrected chi connectivity index (χ3v) is 7.89. The van der Waals surface area contributed by atoms with E-state index in [9.17, 15) is 4.79 Å². The van der Waals surface area contributed by atoms with Crippen LogP contribution < -0.4 is 5.32 Å². The van der Waals surface area contributed by atoms with Crippen molar-refractivity contribution in [3.63, 3.8) is 0 Å². The van der Waals surface area contributed by atoms with Crippen LogP contribution in [0.4, 0.5) is 0 Å². The van der Waals surface area contributed by atoms with Crippen molar-refractivity contribution in [2.45, 2.75) is 76.9 Å². The van der Waals surface area contributed by atoms with Gasteiger partial charge in [0.05, 0.1) is 6.10 Å². The maximum Gasteiger partial charge on any atom is 0.220 e. The highest BCUT2D eigenvalue weighted by Crippen LogP contribution is 2.60. The first kappa shape index (κ1) is 15.7. The Morgan fingerprint density at radius 3 is 2.78 bits per heavy atom. The molecule has 1 N–H and O–H groups in total. The van der Waals surface area contributed by atoms with Crippen LogP contribution in [-0.2, 0) is 9.53 Å². The smallest absolute Gasteiger partial charge is 0.220 e. The van der Waals surface area contributed by atoms with Gasteiger partial charge in [-0.1, -0.05) is 18.6 Å². The Balaban J connectivity index is 1.63. The van der Waals surface area contributed by atoms with E-state index in [1.807, 2.05) is 7.11 Å². The van der Waals surface area contributed by atoms with Gasteiger partial charge in [0.2, 0.25) is 5.91 Å². The van der Waals surface area contributed by atoms with Gasteiger partial charge in [0, 0.05) is 19.1 Å². The molecular formula is C20H31NO2. The summed E-state index contributed by atoms with van der Waals surface area (Å²) >= 11 is 0. The van der Waals surface area contributed by atoms with Gasteiger partial charge in [-0.3, -0.25) is 4.79 Å². The maximum absolute atomic E-state index is 11.9. The summed E-state index contributed by atoms with van der Waals surface area (Å²) in [6.07, 6.45) is 12.0. The lowest BCUT2D eigenvalue weighted by molar-refractivity contribution is -0.131. The van der Waals surface area contributed by atoms with E-state index in [1.165, 1.54) is 25.7 Å². The van der Waals surface area contributed by atoms with Gasteiger partial charge in [-0.15, -0.1) is 0 Å². The van der Waals surface area contributed by atoms with Crippen molar-refractivity contribution in [2.24, 2.45) is 23.2 Å². The topological polar surface area (TPSA) is 38.3 Å². The molecule has 4 rings (SSSR count). The van der Waals surface area contributed by atoms with Crippen LogP contribution in [-0.4, -0.2) is 24.7 Å². The van der Waals surface area contributed by atoms with Crippen molar-refractivity contribution in [1.82, 2.24) is 5.32 Å². The molecule has 0 aromatic heterocycles. The summed E-state index contributed by atoms with van der Waals surface area (Å²) in [6, 6.07) is 0. The molecule has 3 nitrogen and oxygen atoms in total. The quantitative estimate of drug-likeness (QED) is 0.746. The fourth-order valence-electron chi connectivity index (χ4n) is 6.50. The zero-order valence-corrected chi connectivity index (χ0v) is 14.9. The number of hydrogen-bond donors (Lipinski definition) is 1. The van der Waals surface area contributed by atoms with Crippen LogP contribution >= 0.6 is 0 Å². The molecule has 1 aliphatic heterocycles. The lowest BCUT2D eigenvalue weighted by Crippen LogP contribution is -2.62. The summed E-state index contributed by atoms with van der Waals surface area (Å²) in [4.78, 5) is 11.9. The Morgan fingerprint density at radius 1 is 1.17 bits per heavy atom. The Kier molecular flexibility index (Phi) is 3.64. The van der Waals surface area contributed by atoms with Gasteiger partial charge in [0.15, 0.2) is 0 Å². The first-order valence-corrected chi connectivity index (χ1v) is 9.49. The van der Waals surface area contributed by atoms with E-state index in [2.05, 4.69) is 25.2 Å². The summed E-state index contributed by atoms with van der Waals surface area (Å²) in [5.41, 5.74) is 2.09. The monoisotopic (exact) mass is 317 g/mol. The second kappa shape index (κ2) is 5.34. The van der Waals surface area contributed by atoms with Crippen molar-refractivity contribution in [3.05, 3.63) is 11.6 Å². The van der Waals surface area contributed by atoms with Crippen molar-refractivity contribution in [1.29, 1.82) is 0 Å². The third-order valence-electron chi connectivity index (χ3n) is 7.89. The molecular weight excluding hydrogens is 286 g/mol. The number of rotatable bonds is 1. The number of ether oxygens (including phenoxy) is 1. The first-order chi connectivity index (χ1) is 11.0. The summed E-state index contributed by atoms with van der Waals surface area (Å²) in [5.74, 6) is 2.48. The molecule has 0 aromatic carbocycles. The SMILES string of the molecule is CO[C@H]1CC[C@@]2(C)C(=CC[C@H]3[C@H]4CCC(=O)N[C@]4(C)CC[C@@H]32)C1. The zero-order valence-electron chi connectivity index (χ0n) is 14.9. The molecule has 0 aromatic rings. The number of carbonyl (C=O) groups is 1. The van der Waals surface area contributed by atoms with Crippen molar-refractivity contribution < 1.29 is 9.53 Å². The summed E-state index contributed by atoms with van der Waals surface area (Å²) < 4.78 is 5.65. The zero-order chi connectivity index (χ0) is 16.2. The lowest BCUT2D eigenvalue weighted by Gasteiger charge is -2.59. The number of methoxy groups -OCH3 is 1. The Bertz CT molecular complexity index is 542. The lowest BCUT2D eigenvalue weighted by atomic mass is 9.48. The summed E-state index contributed by atoms with van der Waals surface area (Å²) in [7, 11) is 1.86. The number of carbonyl (C=O) groups excluding carboxylic acids is 1. The van der Waals surface area contributed by atoms with E-state index < -0.39 is 0 Å². The predicted molar refractivity (Wildman–Crippen MR) is 90.9 cm³/mol. The van der Waals surface area contributed by atoms with Crippen LogP contribution in [0.15, 0.2) is 11.6 Å². The summed E-state index contributed by atoms with van der Waals surface area (Å²) in [5, 5.41) is 3.35. The Hall–Kier alpha value is -0.830. The molecule has 1 amide bonds. The maximum atomic E-state index is 11.9. The number of piperidine rings is 1. The molecule has 0 spiro atoms. The van der Waals surface area contributed by atoms with E-state index >= 15 is 0 Å². The van der Waals surface area contributed by atoms with Crippen LogP contribution in [0.5, 0.6) is 0 Å². The van der Waals surface area contributed by atoms with Crippen LogP contribution in [0.2, 0.25) is 0 Å². The van der Waals surface area contributed by atoms with Crippen molar-refractivity contribution >= 4 is 5.91 Å². The van der Waals surface area contributed by atoms with E-state index in [-0.39, 0.29) is 11.4 Å². The minimum atomic E-state index is 0.0436. The Labute approximate surface area is 140 Å². The molecule has 0 radical (unpaired) electrons. The second-order valence-electron chi connectivity index (χ2n) is 8.90. The largest absolute Gasteiger partial charge is 0.381 e.